The van der Waals surface area contributed by atoms with Gasteiger partial charge in [0.25, 0.3) is 11.6 Å². The van der Waals surface area contributed by atoms with E-state index >= 15 is 0 Å². The molecule has 164 valence electrons. The number of benzene rings is 1. The highest BCUT2D eigenvalue weighted by molar-refractivity contribution is 6.30. The fourth-order valence-corrected chi connectivity index (χ4v) is 3.63. The molecule has 0 spiro atoms. The number of non-ortho nitro benzene ring substituents is 1. The van der Waals surface area contributed by atoms with E-state index in [4.69, 9.17) is 11.6 Å². The Labute approximate surface area is 188 Å². The molecule has 3 aromatic rings. The number of nitrogens with one attached hydrogen (secondary N) is 1. The van der Waals surface area contributed by atoms with Crippen molar-refractivity contribution in [2.45, 2.75) is 12.8 Å². The van der Waals surface area contributed by atoms with Gasteiger partial charge in [0.15, 0.2) is 5.69 Å². The zero-order valence-electron chi connectivity index (χ0n) is 16.8. The average Bonchev–Trinajstić information content (AvgIpc) is 3.30. The third kappa shape index (κ3) is 4.75. The summed E-state index contributed by atoms with van der Waals surface area (Å²) in [6, 6.07) is 10.9. The third-order valence-corrected chi connectivity index (χ3v) is 5.47. The van der Waals surface area contributed by atoms with Crippen LogP contribution in [0.5, 0.6) is 0 Å². The van der Waals surface area contributed by atoms with Crippen LogP contribution in [0.1, 0.15) is 23.3 Å². The molecule has 2 aromatic heterocycles. The summed E-state index contributed by atoms with van der Waals surface area (Å²) in [7, 11) is 0. The maximum atomic E-state index is 12.8. The molecule has 4 rings (SSSR count). The minimum absolute atomic E-state index is 0.0555. The van der Waals surface area contributed by atoms with Crippen molar-refractivity contribution in [3.63, 3.8) is 0 Å². The van der Waals surface area contributed by atoms with Gasteiger partial charge in [0, 0.05) is 43.5 Å². The Hall–Kier alpha value is -3.79. The van der Waals surface area contributed by atoms with Crippen LogP contribution < -0.4 is 5.32 Å². The molecule has 1 fully saturated rings. The number of carbonyl (C=O) groups is 2. The monoisotopic (exact) mass is 454 g/mol. The molecule has 11 heteroatoms. The number of pyridine rings is 1. The van der Waals surface area contributed by atoms with Crippen LogP contribution >= 0.6 is 11.6 Å². The number of nitro groups is 1. The van der Waals surface area contributed by atoms with E-state index in [2.05, 4.69) is 15.4 Å². The van der Waals surface area contributed by atoms with Crippen LogP contribution in [0.2, 0.25) is 5.02 Å². The Bertz CT molecular complexity index is 1160. The molecule has 1 aliphatic heterocycles. The zero-order valence-corrected chi connectivity index (χ0v) is 17.6. The van der Waals surface area contributed by atoms with E-state index < -0.39 is 4.92 Å². The molecule has 3 heterocycles. The third-order valence-electron chi connectivity index (χ3n) is 5.24. The van der Waals surface area contributed by atoms with Crippen molar-refractivity contribution in [3.05, 3.63) is 75.7 Å². The van der Waals surface area contributed by atoms with Crippen molar-refractivity contribution >= 4 is 34.9 Å². The van der Waals surface area contributed by atoms with Crippen LogP contribution in [0, 0.1) is 16.0 Å². The van der Waals surface area contributed by atoms with Gasteiger partial charge in [-0.15, -0.1) is 0 Å². The number of likely N-dealkylation sites (tertiary alicyclic amines) is 1. The summed E-state index contributed by atoms with van der Waals surface area (Å²) in [4.78, 5) is 41.5. The Morgan fingerprint density at radius 3 is 2.62 bits per heavy atom. The Morgan fingerprint density at radius 1 is 1.16 bits per heavy atom. The summed E-state index contributed by atoms with van der Waals surface area (Å²) in [5, 5.41) is 18.5. The molecule has 10 nitrogen and oxygen atoms in total. The molecule has 0 atom stereocenters. The minimum atomic E-state index is -0.484. The molecule has 0 radical (unpaired) electrons. The SMILES string of the molecule is O=C(Nc1ccc(Cl)cn1)C1CCN(C(=O)c2ccn(-c3cccc([N+](=O)[O-])c3)n2)CC1. The predicted octanol–water partition coefficient (Wildman–Crippen LogP) is 3.32. The first-order valence-corrected chi connectivity index (χ1v) is 10.3. The number of nitrogens with zero attached hydrogens (tertiary/aromatic N) is 5. The van der Waals surface area contributed by atoms with Gasteiger partial charge >= 0.3 is 0 Å². The van der Waals surface area contributed by atoms with Crippen molar-refractivity contribution in [1.29, 1.82) is 0 Å². The van der Waals surface area contributed by atoms with Crippen molar-refractivity contribution < 1.29 is 14.5 Å². The number of halogens is 1. The van der Waals surface area contributed by atoms with Crippen molar-refractivity contribution in [3.8, 4) is 5.69 Å². The first-order valence-electron chi connectivity index (χ1n) is 9.93. The van der Waals surface area contributed by atoms with Gasteiger partial charge in [0.1, 0.15) is 5.82 Å². The first kappa shape index (κ1) is 21.4. The molecule has 0 aliphatic carbocycles. The van der Waals surface area contributed by atoms with E-state index in [9.17, 15) is 19.7 Å². The molecule has 1 aliphatic rings. The number of carbonyl (C=O) groups excluding carboxylic acids is 2. The highest BCUT2D eigenvalue weighted by Gasteiger charge is 2.29. The molecule has 1 N–H and O–H groups in total. The van der Waals surface area contributed by atoms with Crippen LogP contribution in [-0.4, -0.2) is 49.5 Å². The number of anilines is 1. The van der Waals surface area contributed by atoms with E-state index in [-0.39, 0.29) is 29.1 Å². The van der Waals surface area contributed by atoms with Crippen LogP contribution in [0.3, 0.4) is 0 Å². The largest absolute Gasteiger partial charge is 0.337 e. The number of aromatic nitrogens is 3. The van der Waals surface area contributed by atoms with E-state index in [0.717, 1.165) is 0 Å². The van der Waals surface area contributed by atoms with Crippen molar-refractivity contribution in [2.75, 3.05) is 18.4 Å². The van der Waals surface area contributed by atoms with Gasteiger partial charge in [0.2, 0.25) is 5.91 Å². The van der Waals surface area contributed by atoms with Crippen LogP contribution in [0.15, 0.2) is 54.9 Å². The van der Waals surface area contributed by atoms with Crippen molar-refractivity contribution in [1.82, 2.24) is 19.7 Å². The smallest absolute Gasteiger partial charge is 0.274 e. The zero-order chi connectivity index (χ0) is 22.7. The van der Waals surface area contributed by atoms with Crippen molar-refractivity contribution in [2.24, 2.45) is 5.92 Å². The van der Waals surface area contributed by atoms with Crippen LogP contribution in [0.4, 0.5) is 11.5 Å². The average molecular weight is 455 g/mol. The van der Waals surface area contributed by atoms with Gasteiger partial charge in [0.05, 0.1) is 15.6 Å². The first-order chi connectivity index (χ1) is 15.4. The number of hydrogen-bond donors (Lipinski definition) is 1. The summed E-state index contributed by atoms with van der Waals surface area (Å²) in [6.45, 7) is 0.850. The van der Waals surface area contributed by atoms with E-state index in [0.29, 0.717) is 42.5 Å². The lowest BCUT2D eigenvalue weighted by Gasteiger charge is -2.30. The molecule has 0 unspecified atom stereocenters. The molecular weight excluding hydrogens is 436 g/mol. The highest BCUT2D eigenvalue weighted by Crippen LogP contribution is 2.22. The fourth-order valence-electron chi connectivity index (χ4n) is 3.52. The Kier molecular flexibility index (Phi) is 6.13. The second kappa shape index (κ2) is 9.15. The maximum Gasteiger partial charge on any atom is 0.274 e. The normalized spacial score (nSPS) is 14.2. The second-order valence-electron chi connectivity index (χ2n) is 7.34. The van der Waals surface area contributed by atoms with Gasteiger partial charge in [-0.05, 0) is 37.1 Å². The van der Waals surface area contributed by atoms with Gasteiger partial charge in [-0.2, -0.15) is 5.10 Å². The lowest BCUT2D eigenvalue weighted by Crippen LogP contribution is -2.41. The highest BCUT2D eigenvalue weighted by atomic mass is 35.5. The number of hydrogen-bond acceptors (Lipinski definition) is 6. The molecule has 0 bridgehead atoms. The Morgan fingerprint density at radius 2 is 1.94 bits per heavy atom. The molecule has 2 amide bonds. The van der Waals surface area contributed by atoms with Crippen LogP contribution in [-0.2, 0) is 4.79 Å². The lowest BCUT2D eigenvalue weighted by molar-refractivity contribution is -0.384. The maximum absolute atomic E-state index is 12.8. The second-order valence-corrected chi connectivity index (χ2v) is 7.78. The lowest BCUT2D eigenvalue weighted by atomic mass is 9.95. The minimum Gasteiger partial charge on any atom is -0.337 e. The van der Waals surface area contributed by atoms with E-state index in [1.54, 1.807) is 41.4 Å². The summed E-state index contributed by atoms with van der Waals surface area (Å²) in [5.41, 5.74) is 0.675. The van der Waals surface area contributed by atoms with E-state index in [1.165, 1.54) is 23.0 Å². The fraction of sp³-hybridized carbons (Fsp3) is 0.238. The summed E-state index contributed by atoms with van der Waals surface area (Å²) < 4.78 is 1.43. The topological polar surface area (TPSA) is 123 Å². The van der Waals surface area contributed by atoms with Crippen LogP contribution in [0.25, 0.3) is 5.69 Å². The predicted molar refractivity (Wildman–Crippen MR) is 117 cm³/mol. The van der Waals surface area contributed by atoms with E-state index in [1.807, 2.05) is 0 Å². The molecule has 1 saturated heterocycles. The summed E-state index contributed by atoms with van der Waals surface area (Å²) >= 11 is 5.80. The van der Waals surface area contributed by atoms with Gasteiger partial charge in [-0.1, -0.05) is 17.7 Å². The van der Waals surface area contributed by atoms with Gasteiger partial charge in [-0.25, -0.2) is 9.67 Å². The number of rotatable bonds is 5. The molecule has 1 aromatic carbocycles. The molecule has 0 saturated carbocycles. The van der Waals surface area contributed by atoms with Gasteiger partial charge in [-0.3, -0.25) is 19.7 Å². The summed E-state index contributed by atoms with van der Waals surface area (Å²) in [6.07, 6.45) is 4.10. The standard InChI is InChI=1S/C21H19ClN6O4/c22-15-4-5-19(23-13-15)24-20(29)14-6-9-26(10-7-14)21(30)18-8-11-27(25-18)16-2-1-3-17(12-16)28(31)32/h1-5,8,11-14H,6-7,9-10H2,(H,23,24,29). The molecule has 32 heavy (non-hydrogen) atoms. The Balaban J connectivity index is 1.35. The number of amides is 2. The number of nitro benzene ring substituents is 1. The molecular formula is C21H19ClN6O4. The van der Waals surface area contributed by atoms with Gasteiger partial charge < -0.3 is 10.2 Å². The summed E-state index contributed by atoms with van der Waals surface area (Å²) in [5.74, 6) is -0.169. The number of piperidine rings is 1. The quantitative estimate of drug-likeness (QED) is 0.466.